The summed E-state index contributed by atoms with van der Waals surface area (Å²) in [5.41, 5.74) is 1.13. The van der Waals surface area contributed by atoms with Gasteiger partial charge in [0.2, 0.25) is 0 Å². The summed E-state index contributed by atoms with van der Waals surface area (Å²) in [5, 5.41) is 3.54. The van der Waals surface area contributed by atoms with Gasteiger partial charge in [-0.3, -0.25) is 0 Å². The lowest BCUT2D eigenvalue weighted by molar-refractivity contribution is 0.0872. The zero-order valence-electron chi connectivity index (χ0n) is 13.4. The Hall–Kier alpha value is -1.26. The van der Waals surface area contributed by atoms with Gasteiger partial charge in [-0.05, 0) is 31.7 Å². The lowest BCUT2D eigenvalue weighted by Gasteiger charge is -2.18. The maximum Gasteiger partial charge on any atom is 0.165 e. The molecule has 4 heteroatoms. The first-order valence-electron chi connectivity index (χ1n) is 7.91. The molecule has 2 rings (SSSR count). The lowest BCUT2D eigenvalue weighted by atomic mass is 9.99. The molecule has 0 bridgehead atoms. The predicted octanol–water partition coefficient (Wildman–Crippen LogP) is 3.00. The highest BCUT2D eigenvalue weighted by molar-refractivity contribution is 5.46. The molecule has 1 heterocycles. The first-order chi connectivity index (χ1) is 10.3. The van der Waals surface area contributed by atoms with Gasteiger partial charge in [0.25, 0.3) is 0 Å². The molecule has 118 valence electrons. The number of rotatable bonds is 8. The number of nitrogens with one attached hydrogen (secondary N) is 1. The second-order valence-corrected chi connectivity index (χ2v) is 5.38. The average molecular weight is 293 g/mol. The molecule has 0 saturated carbocycles. The number of para-hydroxylation sites is 1. The molecule has 0 aliphatic carbocycles. The van der Waals surface area contributed by atoms with Crippen molar-refractivity contribution in [2.45, 2.75) is 39.3 Å². The van der Waals surface area contributed by atoms with E-state index in [9.17, 15) is 0 Å². The van der Waals surface area contributed by atoms with Crippen LogP contribution in [0.4, 0.5) is 0 Å². The smallest absolute Gasteiger partial charge is 0.165 e. The minimum Gasteiger partial charge on any atom is -0.493 e. The third kappa shape index (κ3) is 4.11. The molecule has 0 spiro atoms. The van der Waals surface area contributed by atoms with E-state index < -0.39 is 0 Å². The van der Waals surface area contributed by atoms with Crippen molar-refractivity contribution in [3.05, 3.63) is 23.8 Å². The molecule has 0 amide bonds. The fraction of sp³-hybridized carbons (Fsp3) is 0.647. The van der Waals surface area contributed by atoms with E-state index in [1.807, 2.05) is 19.1 Å². The van der Waals surface area contributed by atoms with Gasteiger partial charge in [-0.25, -0.2) is 0 Å². The van der Waals surface area contributed by atoms with E-state index in [4.69, 9.17) is 14.2 Å². The molecule has 2 unspecified atom stereocenters. The number of hydrogen-bond donors (Lipinski definition) is 1. The van der Waals surface area contributed by atoms with E-state index in [1.54, 1.807) is 7.11 Å². The standard InChI is InChI=1S/C17H27NO3/c1-4-15-13(9-10-21-15)11-18-12-14-7-6-8-16(20-5-2)17(14)19-3/h6-8,13,15,18H,4-5,9-12H2,1-3H3. The first kappa shape index (κ1) is 16.1. The topological polar surface area (TPSA) is 39.7 Å². The Morgan fingerprint density at radius 3 is 2.90 bits per heavy atom. The van der Waals surface area contributed by atoms with Gasteiger partial charge >= 0.3 is 0 Å². The largest absolute Gasteiger partial charge is 0.493 e. The maximum absolute atomic E-state index is 5.73. The summed E-state index contributed by atoms with van der Waals surface area (Å²) in [4.78, 5) is 0. The van der Waals surface area contributed by atoms with Gasteiger partial charge in [0.05, 0.1) is 19.8 Å². The molecule has 1 N–H and O–H groups in total. The van der Waals surface area contributed by atoms with Gasteiger partial charge in [0, 0.05) is 25.3 Å². The van der Waals surface area contributed by atoms with E-state index in [0.717, 1.165) is 49.6 Å². The molecule has 1 aliphatic rings. The third-order valence-electron chi connectivity index (χ3n) is 4.04. The highest BCUT2D eigenvalue weighted by Crippen LogP contribution is 2.31. The lowest BCUT2D eigenvalue weighted by Crippen LogP contribution is -2.28. The molecule has 1 aromatic carbocycles. The summed E-state index contributed by atoms with van der Waals surface area (Å²) < 4.78 is 16.8. The quantitative estimate of drug-likeness (QED) is 0.800. The fourth-order valence-corrected chi connectivity index (χ4v) is 2.97. The fourth-order valence-electron chi connectivity index (χ4n) is 2.97. The van der Waals surface area contributed by atoms with Gasteiger partial charge in [-0.15, -0.1) is 0 Å². The molecule has 1 saturated heterocycles. The van der Waals surface area contributed by atoms with Crippen LogP contribution >= 0.6 is 0 Å². The van der Waals surface area contributed by atoms with Crippen LogP contribution in [0.2, 0.25) is 0 Å². The molecule has 1 aromatic rings. The number of hydrogen-bond acceptors (Lipinski definition) is 4. The van der Waals surface area contributed by atoms with Crippen molar-refractivity contribution in [3.63, 3.8) is 0 Å². The number of benzene rings is 1. The van der Waals surface area contributed by atoms with Crippen molar-refractivity contribution in [1.29, 1.82) is 0 Å². The Kier molecular flexibility index (Phi) is 6.33. The molecule has 0 radical (unpaired) electrons. The summed E-state index contributed by atoms with van der Waals surface area (Å²) in [5.74, 6) is 2.27. The van der Waals surface area contributed by atoms with Crippen molar-refractivity contribution < 1.29 is 14.2 Å². The second-order valence-electron chi connectivity index (χ2n) is 5.38. The molecular weight excluding hydrogens is 266 g/mol. The van der Waals surface area contributed by atoms with Gasteiger partial charge in [-0.1, -0.05) is 19.1 Å². The highest BCUT2D eigenvalue weighted by Gasteiger charge is 2.26. The Labute approximate surface area is 127 Å². The summed E-state index contributed by atoms with van der Waals surface area (Å²) in [7, 11) is 1.69. The van der Waals surface area contributed by atoms with Crippen LogP contribution < -0.4 is 14.8 Å². The van der Waals surface area contributed by atoms with E-state index >= 15 is 0 Å². The van der Waals surface area contributed by atoms with E-state index in [0.29, 0.717) is 18.6 Å². The summed E-state index contributed by atoms with van der Waals surface area (Å²) in [6.45, 7) is 7.49. The Morgan fingerprint density at radius 1 is 1.33 bits per heavy atom. The molecule has 1 fully saturated rings. The molecule has 4 nitrogen and oxygen atoms in total. The first-order valence-corrected chi connectivity index (χ1v) is 7.91. The zero-order valence-corrected chi connectivity index (χ0v) is 13.4. The number of methoxy groups -OCH3 is 1. The molecule has 0 aromatic heterocycles. The predicted molar refractivity (Wildman–Crippen MR) is 84.0 cm³/mol. The SMILES string of the molecule is CCOc1cccc(CNCC2CCOC2CC)c1OC. The molecule has 1 aliphatic heterocycles. The van der Waals surface area contributed by atoms with Crippen molar-refractivity contribution in [3.8, 4) is 11.5 Å². The Morgan fingerprint density at radius 2 is 2.19 bits per heavy atom. The summed E-state index contributed by atoms with van der Waals surface area (Å²) in [6.07, 6.45) is 2.66. The Bertz CT molecular complexity index is 436. The third-order valence-corrected chi connectivity index (χ3v) is 4.04. The van der Waals surface area contributed by atoms with Gasteiger partial charge in [-0.2, -0.15) is 0 Å². The van der Waals surface area contributed by atoms with Crippen LogP contribution in [0.1, 0.15) is 32.3 Å². The van der Waals surface area contributed by atoms with Crippen molar-refractivity contribution in [2.24, 2.45) is 5.92 Å². The van der Waals surface area contributed by atoms with Crippen molar-refractivity contribution in [1.82, 2.24) is 5.32 Å². The van der Waals surface area contributed by atoms with Crippen LogP contribution in [0.25, 0.3) is 0 Å². The van der Waals surface area contributed by atoms with Crippen LogP contribution in [0.3, 0.4) is 0 Å². The minimum atomic E-state index is 0.411. The Balaban J connectivity index is 1.92. The summed E-state index contributed by atoms with van der Waals surface area (Å²) in [6, 6.07) is 6.04. The maximum atomic E-state index is 5.73. The second kappa shape index (κ2) is 8.25. The highest BCUT2D eigenvalue weighted by atomic mass is 16.5. The summed E-state index contributed by atoms with van der Waals surface area (Å²) >= 11 is 0. The normalized spacial score (nSPS) is 21.5. The van der Waals surface area contributed by atoms with Crippen molar-refractivity contribution in [2.75, 3.05) is 26.9 Å². The molecule has 2 atom stereocenters. The van der Waals surface area contributed by atoms with Gasteiger partial charge in [0.15, 0.2) is 11.5 Å². The van der Waals surface area contributed by atoms with E-state index in [1.165, 1.54) is 0 Å². The van der Waals surface area contributed by atoms with Crippen LogP contribution in [0.5, 0.6) is 11.5 Å². The van der Waals surface area contributed by atoms with Crippen LogP contribution in [0, 0.1) is 5.92 Å². The minimum absolute atomic E-state index is 0.411. The number of ether oxygens (including phenoxy) is 3. The van der Waals surface area contributed by atoms with E-state index in [-0.39, 0.29) is 0 Å². The van der Waals surface area contributed by atoms with Crippen LogP contribution in [0.15, 0.2) is 18.2 Å². The van der Waals surface area contributed by atoms with Gasteiger partial charge in [0.1, 0.15) is 0 Å². The molecular formula is C17H27NO3. The van der Waals surface area contributed by atoms with E-state index in [2.05, 4.69) is 18.3 Å². The monoisotopic (exact) mass is 293 g/mol. The van der Waals surface area contributed by atoms with Gasteiger partial charge < -0.3 is 19.5 Å². The van der Waals surface area contributed by atoms with Crippen LogP contribution in [-0.2, 0) is 11.3 Å². The zero-order chi connectivity index (χ0) is 15.1. The van der Waals surface area contributed by atoms with Crippen molar-refractivity contribution >= 4 is 0 Å². The van der Waals surface area contributed by atoms with Crippen LogP contribution in [-0.4, -0.2) is 33.0 Å². The average Bonchev–Trinajstić information content (AvgIpc) is 2.95. The molecule has 21 heavy (non-hydrogen) atoms.